The molecule has 1 atom stereocenters. The number of benzene rings is 2. The Hall–Kier alpha value is -2.29. The number of rotatable bonds is 6. The van der Waals surface area contributed by atoms with Crippen LogP contribution in [0.15, 0.2) is 42.5 Å². The summed E-state index contributed by atoms with van der Waals surface area (Å²) in [6.45, 7) is 8.53. The van der Waals surface area contributed by atoms with E-state index in [0.717, 1.165) is 16.9 Å². The van der Waals surface area contributed by atoms with Crippen LogP contribution in [0.1, 0.15) is 29.2 Å². The lowest BCUT2D eigenvalue weighted by atomic mass is 10.0. The van der Waals surface area contributed by atoms with Gasteiger partial charge in [0.2, 0.25) is 5.91 Å². The first-order chi connectivity index (χ1) is 10.9. The predicted octanol–water partition coefficient (Wildman–Crippen LogP) is 3.74. The van der Waals surface area contributed by atoms with Crippen LogP contribution >= 0.6 is 0 Å². The van der Waals surface area contributed by atoms with Crippen molar-refractivity contribution in [2.24, 2.45) is 0 Å². The molecule has 0 aromatic heterocycles. The highest BCUT2D eigenvalue weighted by atomic mass is 16.5. The maximum Gasteiger partial charge on any atom is 0.224 e. The van der Waals surface area contributed by atoms with Crippen molar-refractivity contribution in [2.45, 2.75) is 40.2 Å². The zero-order chi connectivity index (χ0) is 16.8. The summed E-state index contributed by atoms with van der Waals surface area (Å²) < 4.78 is 5.70. The van der Waals surface area contributed by atoms with Crippen molar-refractivity contribution < 1.29 is 9.53 Å². The molecule has 0 aliphatic rings. The van der Waals surface area contributed by atoms with Crippen LogP contribution in [0.2, 0.25) is 0 Å². The predicted molar refractivity (Wildman–Crippen MR) is 93.9 cm³/mol. The Bertz CT molecular complexity index is 662. The first-order valence-corrected chi connectivity index (χ1v) is 7.99. The largest absolute Gasteiger partial charge is 0.491 e. The van der Waals surface area contributed by atoms with Crippen LogP contribution in [0.4, 0.5) is 0 Å². The van der Waals surface area contributed by atoms with Crippen molar-refractivity contribution in [3.05, 3.63) is 64.7 Å². The molecular formula is C20H25NO2. The number of carbonyl (C=O) groups excluding carboxylic acids is 1. The van der Waals surface area contributed by atoms with Crippen molar-refractivity contribution in [3.8, 4) is 5.75 Å². The van der Waals surface area contributed by atoms with Gasteiger partial charge in [0.25, 0.3) is 0 Å². The quantitative estimate of drug-likeness (QED) is 0.882. The van der Waals surface area contributed by atoms with E-state index in [2.05, 4.69) is 23.5 Å². The van der Waals surface area contributed by atoms with E-state index in [-0.39, 0.29) is 11.9 Å². The molecule has 2 aromatic rings. The Labute approximate surface area is 138 Å². The molecule has 3 nitrogen and oxygen atoms in total. The van der Waals surface area contributed by atoms with Gasteiger partial charge in [-0.05, 0) is 51.0 Å². The van der Waals surface area contributed by atoms with Gasteiger partial charge in [-0.15, -0.1) is 0 Å². The van der Waals surface area contributed by atoms with Crippen LogP contribution in [0.5, 0.6) is 5.75 Å². The van der Waals surface area contributed by atoms with Crippen molar-refractivity contribution in [2.75, 3.05) is 6.61 Å². The molecule has 0 bridgehead atoms. The highest BCUT2D eigenvalue weighted by Crippen LogP contribution is 2.13. The van der Waals surface area contributed by atoms with E-state index in [1.165, 1.54) is 11.1 Å². The molecule has 0 heterocycles. The normalized spacial score (nSPS) is 11.8. The number of ether oxygens (including phenoxy) is 1. The zero-order valence-corrected chi connectivity index (χ0v) is 14.3. The molecule has 23 heavy (non-hydrogen) atoms. The summed E-state index contributed by atoms with van der Waals surface area (Å²) in [5, 5.41) is 2.99. The van der Waals surface area contributed by atoms with Crippen molar-refractivity contribution >= 4 is 5.91 Å². The standard InChI is InChI=1S/C20H25NO2/c1-14-6-9-19(10-7-14)23-13-17(4)21-20(22)12-18-11-15(2)5-8-16(18)3/h5-11,17H,12-13H2,1-4H3,(H,21,22). The molecule has 1 N–H and O–H groups in total. The molecule has 1 amide bonds. The topological polar surface area (TPSA) is 38.3 Å². The van der Waals surface area contributed by atoms with Gasteiger partial charge in [-0.1, -0.05) is 41.5 Å². The van der Waals surface area contributed by atoms with Crippen LogP contribution < -0.4 is 10.1 Å². The van der Waals surface area contributed by atoms with Crippen LogP contribution in [-0.2, 0) is 11.2 Å². The molecule has 0 aliphatic carbocycles. The molecule has 0 spiro atoms. The third kappa shape index (κ3) is 5.44. The lowest BCUT2D eigenvalue weighted by molar-refractivity contribution is -0.121. The lowest BCUT2D eigenvalue weighted by Crippen LogP contribution is -2.37. The third-order valence-electron chi connectivity index (χ3n) is 3.78. The minimum Gasteiger partial charge on any atom is -0.491 e. The smallest absolute Gasteiger partial charge is 0.224 e. The highest BCUT2D eigenvalue weighted by molar-refractivity contribution is 5.79. The van der Waals surface area contributed by atoms with Gasteiger partial charge in [-0.25, -0.2) is 0 Å². The first-order valence-electron chi connectivity index (χ1n) is 7.99. The zero-order valence-electron chi connectivity index (χ0n) is 14.3. The van der Waals surface area contributed by atoms with E-state index in [1.807, 2.05) is 52.0 Å². The summed E-state index contributed by atoms with van der Waals surface area (Å²) in [5.74, 6) is 0.852. The Kier molecular flexibility index (Phi) is 5.80. The fourth-order valence-corrected chi connectivity index (χ4v) is 2.39. The molecule has 0 aliphatic heterocycles. The molecule has 2 rings (SSSR count). The molecule has 2 aromatic carbocycles. The van der Waals surface area contributed by atoms with E-state index in [4.69, 9.17) is 4.74 Å². The van der Waals surface area contributed by atoms with Gasteiger partial charge >= 0.3 is 0 Å². The van der Waals surface area contributed by atoms with E-state index >= 15 is 0 Å². The van der Waals surface area contributed by atoms with E-state index < -0.39 is 0 Å². The number of amides is 1. The van der Waals surface area contributed by atoms with Gasteiger partial charge in [0, 0.05) is 0 Å². The summed E-state index contributed by atoms with van der Waals surface area (Å²) in [5.41, 5.74) is 4.60. The van der Waals surface area contributed by atoms with Crippen molar-refractivity contribution in [3.63, 3.8) is 0 Å². The summed E-state index contributed by atoms with van der Waals surface area (Å²) in [6, 6.07) is 14.1. The molecule has 0 fully saturated rings. The molecule has 0 saturated carbocycles. The lowest BCUT2D eigenvalue weighted by Gasteiger charge is -2.16. The fraction of sp³-hybridized carbons (Fsp3) is 0.350. The van der Waals surface area contributed by atoms with Gasteiger partial charge in [0.15, 0.2) is 0 Å². The minimum absolute atomic E-state index is 0.0266. The molecule has 122 valence electrons. The van der Waals surface area contributed by atoms with Gasteiger partial charge in [0.1, 0.15) is 12.4 Å². The number of nitrogens with one attached hydrogen (secondary N) is 1. The second-order valence-electron chi connectivity index (χ2n) is 6.20. The SMILES string of the molecule is Cc1ccc(OCC(C)NC(=O)Cc2cc(C)ccc2C)cc1. The van der Waals surface area contributed by atoms with Crippen LogP contribution in [-0.4, -0.2) is 18.6 Å². The Morgan fingerprint density at radius 1 is 1.04 bits per heavy atom. The average molecular weight is 311 g/mol. The van der Waals surface area contributed by atoms with Crippen LogP contribution in [0, 0.1) is 20.8 Å². The fourth-order valence-electron chi connectivity index (χ4n) is 2.39. The maximum atomic E-state index is 12.2. The average Bonchev–Trinajstić information content (AvgIpc) is 2.50. The summed E-state index contributed by atoms with van der Waals surface area (Å²) in [4.78, 5) is 12.2. The number of aryl methyl sites for hydroxylation is 3. The second kappa shape index (κ2) is 7.82. The Morgan fingerprint density at radius 2 is 1.70 bits per heavy atom. The molecule has 0 saturated heterocycles. The number of hydrogen-bond acceptors (Lipinski definition) is 2. The summed E-state index contributed by atoms with van der Waals surface area (Å²) >= 11 is 0. The minimum atomic E-state index is -0.0334. The molecule has 0 radical (unpaired) electrons. The van der Waals surface area contributed by atoms with Crippen molar-refractivity contribution in [1.29, 1.82) is 0 Å². The van der Waals surface area contributed by atoms with Gasteiger partial charge in [0.05, 0.1) is 12.5 Å². The monoisotopic (exact) mass is 311 g/mol. The summed E-state index contributed by atoms with van der Waals surface area (Å²) in [6.07, 6.45) is 0.405. The third-order valence-corrected chi connectivity index (χ3v) is 3.78. The van der Waals surface area contributed by atoms with Crippen LogP contribution in [0.3, 0.4) is 0 Å². The number of carbonyl (C=O) groups is 1. The number of hydrogen-bond donors (Lipinski definition) is 1. The summed E-state index contributed by atoms with van der Waals surface area (Å²) in [7, 11) is 0. The van der Waals surface area contributed by atoms with Crippen LogP contribution in [0.25, 0.3) is 0 Å². The molecular weight excluding hydrogens is 286 g/mol. The van der Waals surface area contributed by atoms with E-state index in [1.54, 1.807) is 0 Å². The van der Waals surface area contributed by atoms with Gasteiger partial charge in [-0.3, -0.25) is 4.79 Å². The van der Waals surface area contributed by atoms with Crippen molar-refractivity contribution in [1.82, 2.24) is 5.32 Å². The second-order valence-corrected chi connectivity index (χ2v) is 6.20. The van der Waals surface area contributed by atoms with Gasteiger partial charge < -0.3 is 10.1 Å². The highest BCUT2D eigenvalue weighted by Gasteiger charge is 2.10. The van der Waals surface area contributed by atoms with E-state index in [0.29, 0.717) is 13.0 Å². The Morgan fingerprint density at radius 3 is 2.39 bits per heavy atom. The molecule has 3 heteroatoms. The first kappa shape index (κ1) is 17.1. The maximum absolute atomic E-state index is 12.2. The Balaban J connectivity index is 1.82. The van der Waals surface area contributed by atoms with E-state index in [9.17, 15) is 4.79 Å². The molecule has 1 unspecified atom stereocenters. The van der Waals surface area contributed by atoms with Gasteiger partial charge in [-0.2, -0.15) is 0 Å².